The third kappa shape index (κ3) is 2.42. The SMILES string of the molecule is Cc1cccc(-n2c(=O)[nH]c(=O)c3oc4ccc(C(F)(F)F)cc4c32)c1. The van der Waals surface area contributed by atoms with Crippen LogP contribution in [0.5, 0.6) is 0 Å². The van der Waals surface area contributed by atoms with E-state index in [1.54, 1.807) is 18.2 Å². The van der Waals surface area contributed by atoms with Crippen LogP contribution in [0.1, 0.15) is 11.1 Å². The molecule has 4 aromatic rings. The Morgan fingerprint density at radius 1 is 1.08 bits per heavy atom. The molecule has 1 N–H and O–H groups in total. The third-order valence-corrected chi connectivity index (χ3v) is 4.10. The molecule has 0 radical (unpaired) electrons. The number of aryl methyl sites for hydroxylation is 1. The number of H-pyrrole nitrogens is 1. The van der Waals surface area contributed by atoms with E-state index in [1.807, 2.05) is 13.0 Å². The van der Waals surface area contributed by atoms with Crippen LogP contribution < -0.4 is 11.2 Å². The lowest BCUT2D eigenvalue weighted by molar-refractivity contribution is -0.137. The molecule has 0 aliphatic carbocycles. The zero-order valence-corrected chi connectivity index (χ0v) is 13.3. The number of nitrogens with one attached hydrogen (secondary N) is 1. The van der Waals surface area contributed by atoms with Crippen LogP contribution in [-0.2, 0) is 6.18 Å². The predicted octanol–water partition coefficient (Wildman–Crippen LogP) is 3.75. The molecule has 0 saturated carbocycles. The fourth-order valence-corrected chi connectivity index (χ4v) is 2.96. The maximum Gasteiger partial charge on any atom is 0.416 e. The Labute approximate surface area is 143 Å². The van der Waals surface area contributed by atoms with Crippen LogP contribution in [-0.4, -0.2) is 9.55 Å². The van der Waals surface area contributed by atoms with E-state index >= 15 is 0 Å². The fraction of sp³-hybridized carbons (Fsp3) is 0.111. The van der Waals surface area contributed by atoms with E-state index in [9.17, 15) is 22.8 Å². The average Bonchev–Trinajstić information content (AvgIpc) is 2.93. The summed E-state index contributed by atoms with van der Waals surface area (Å²) in [7, 11) is 0. The molecule has 0 fully saturated rings. The summed E-state index contributed by atoms with van der Waals surface area (Å²) in [4.78, 5) is 26.7. The normalized spacial score (nSPS) is 12.2. The molecule has 2 aromatic heterocycles. The van der Waals surface area contributed by atoms with E-state index in [0.717, 1.165) is 28.3 Å². The maximum absolute atomic E-state index is 13.1. The molecule has 0 bridgehead atoms. The first-order valence-electron chi connectivity index (χ1n) is 7.61. The van der Waals surface area contributed by atoms with E-state index in [4.69, 9.17) is 4.42 Å². The van der Waals surface area contributed by atoms with E-state index in [1.165, 1.54) is 0 Å². The lowest BCUT2D eigenvalue weighted by Gasteiger charge is -2.09. The average molecular weight is 360 g/mol. The molecule has 2 aromatic carbocycles. The second-order valence-corrected chi connectivity index (χ2v) is 5.92. The highest BCUT2D eigenvalue weighted by molar-refractivity contribution is 6.03. The van der Waals surface area contributed by atoms with Gasteiger partial charge in [-0.15, -0.1) is 0 Å². The summed E-state index contributed by atoms with van der Waals surface area (Å²) in [5, 5.41) is 0.0412. The molecule has 0 atom stereocenters. The number of furan rings is 1. The molecular weight excluding hydrogens is 349 g/mol. The first-order valence-corrected chi connectivity index (χ1v) is 7.61. The van der Waals surface area contributed by atoms with Crippen molar-refractivity contribution in [3.05, 3.63) is 74.4 Å². The van der Waals surface area contributed by atoms with Crippen LogP contribution in [0, 0.1) is 6.92 Å². The van der Waals surface area contributed by atoms with Gasteiger partial charge in [0.15, 0.2) is 0 Å². The Balaban J connectivity index is 2.21. The number of hydrogen-bond acceptors (Lipinski definition) is 3. The highest BCUT2D eigenvalue weighted by Crippen LogP contribution is 2.34. The van der Waals surface area contributed by atoms with Gasteiger partial charge < -0.3 is 4.42 Å². The lowest BCUT2D eigenvalue weighted by atomic mass is 10.1. The zero-order chi connectivity index (χ0) is 18.6. The standard InChI is InChI=1S/C18H11F3N2O3/c1-9-3-2-4-11(7-9)23-14-12-8-10(18(19,20)21)5-6-13(12)26-15(14)16(24)22-17(23)25/h2-8H,1H3,(H,22,24,25). The monoisotopic (exact) mass is 360 g/mol. The summed E-state index contributed by atoms with van der Waals surface area (Å²) in [5.74, 6) is 0. The maximum atomic E-state index is 13.1. The minimum absolute atomic E-state index is 0.00505. The topological polar surface area (TPSA) is 68.0 Å². The molecule has 0 unspecified atom stereocenters. The molecular formula is C18H11F3N2O3. The molecule has 8 heteroatoms. The van der Waals surface area contributed by atoms with Gasteiger partial charge in [0.1, 0.15) is 11.1 Å². The molecule has 2 heterocycles. The van der Waals surface area contributed by atoms with Crippen molar-refractivity contribution in [1.82, 2.24) is 9.55 Å². The number of halogens is 3. The van der Waals surface area contributed by atoms with E-state index < -0.39 is 23.0 Å². The molecule has 0 amide bonds. The van der Waals surface area contributed by atoms with Gasteiger partial charge in [-0.1, -0.05) is 12.1 Å². The Hall–Kier alpha value is -3.29. The highest BCUT2D eigenvalue weighted by Gasteiger charge is 2.31. The minimum Gasteiger partial charge on any atom is -0.449 e. The van der Waals surface area contributed by atoms with Crippen LogP contribution in [0.25, 0.3) is 27.8 Å². The van der Waals surface area contributed by atoms with E-state index in [-0.39, 0.29) is 22.1 Å². The number of fused-ring (bicyclic) bond motifs is 3. The van der Waals surface area contributed by atoms with Gasteiger partial charge in [-0.2, -0.15) is 13.2 Å². The fourth-order valence-electron chi connectivity index (χ4n) is 2.96. The predicted molar refractivity (Wildman–Crippen MR) is 89.7 cm³/mol. The second kappa shape index (κ2) is 5.35. The molecule has 0 aliphatic rings. The Morgan fingerprint density at radius 3 is 2.54 bits per heavy atom. The van der Waals surface area contributed by atoms with Crippen molar-refractivity contribution >= 4 is 22.1 Å². The number of benzene rings is 2. The van der Waals surface area contributed by atoms with Crippen LogP contribution in [0.4, 0.5) is 13.2 Å². The van der Waals surface area contributed by atoms with Crippen LogP contribution in [0.3, 0.4) is 0 Å². The number of aromatic nitrogens is 2. The van der Waals surface area contributed by atoms with Crippen LogP contribution in [0.15, 0.2) is 56.5 Å². The van der Waals surface area contributed by atoms with Crippen molar-refractivity contribution < 1.29 is 17.6 Å². The summed E-state index contributed by atoms with van der Waals surface area (Å²) in [6, 6.07) is 9.72. The van der Waals surface area contributed by atoms with Gasteiger partial charge in [-0.25, -0.2) is 4.79 Å². The van der Waals surface area contributed by atoms with Gasteiger partial charge in [-0.05, 0) is 42.8 Å². The molecule has 0 aliphatic heterocycles. The van der Waals surface area contributed by atoms with Gasteiger partial charge in [0.25, 0.3) is 5.56 Å². The van der Waals surface area contributed by atoms with Crippen LogP contribution >= 0.6 is 0 Å². The number of rotatable bonds is 1. The summed E-state index contributed by atoms with van der Waals surface area (Å²) >= 11 is 0. The number of nitrogens with zero attached hydrogens (tertiary/aromatic N) is 1. The van der Waals surface area contributed by atoms with Gasteiger partial charge in [-0.3, -0.25) is 14.3 Å². The molecule has 0 saturated heterocycles. The summed E-state index contributed by atoms with van der Waals surface area (Å²) in [5.41, 5.74) is -1.30. The summed E-state index contributed by atoms with van der Waals surface area (Å²) < 4.78 is 45.8. The largest absolute Gasteiger partial charge is 0.449 e. The summed E-state index contributed by atoms with van der Waals surface area (Å²) in [6.45, 7) is 1.81. The van der Waals surface area contributed by atoms with Gasteiger partial charge in [0.2, 0.25) is 5.58 Å². The molecule has 5 nitrogen and oxygen atoms in total. The zero-order valence-electron chi connectivity index (χ0n) is 13.3. The third-order valence-electron chi connectivity index (χ3n) is 4.10. The second-order valence-electron chi connectivity index (χ2n) is 5.92. The Morgan fingerprint density at radius 2 is 1.85 bits per heavy atom. The molecule has 4 rings (SSSR count). The van der Waals surface area contributed by atoms with Gasteiger partial charge in [0.05, 0.1) is 11.3 Å². The van der Waals surface area contributed by atoms with Gasteiger partial charge >= 0.3 is 11.9 Å². The smallest absolute Gasteiger partial charge is 0.416 e. The molecule has 132 valence electrons. The van der Waals surface area contributed by atoms with Crippen molar-refractivity contribution in [3.8, 4) is 5.69 Å². The van der Waals surface area contributed by atoms with Crippen molar-refractivity contribution in [2.24, 2.45) is 0 Å². The number of hydrogen-bond donors (Lipinski definition) is 1. The minimum atomic E-state index is -4.56. The highest BCUT2D eigenvalue weighted by atomic mass is 19.4. The van der Waals surface area contributed by atoms with Gasteiger partial charge in [0, 0.05) is 5.39 Å². The number of alkyl halides is 3. The first-order chi connectivity index (χ1) is 12.3. The first kappa shape index (κ1) is 16.2. The van der Waals surface area contributed by atoms with Crippen LogP contribution in [0.2, 0.25) is 0 Å². The Kier molecular flexibility index (Phi) is 3.33. The van der Waals surface area contributed by atoms with E-state index in [2.05, 4.69) is 4.98 Å². The molecule has 0 spiro atoms. The van der Waals surface area contributed by atoms with Crippen molar-refractivity contribution in [3.63, 3.8) is 0 Å². The molecule has 26 heavy (non-hydrogen) atoms. The van der Waals surface area contributed by atoms with E-state index in [0.29, 0.717) is 5.69 Å². The summed E-state index contributed by atoms with van der Waals surface area (Å²) in [6.07, 6.45) is -4.56. The number of aromatic amines is 1. The quantitative estimate of drug-likeness (QED) is 0.562. The van der Waals surface area contributed by atoms with Crippen molar-refractivity contribution in [2.45, 2.75) is 13.1 Å². The Bertz CT molecular complexity index is 1280. The van der Waals surface area contributed by atoms with Crippen molar-refractivity contribution in [1.29, 1.82) is 0 Å². The van der Waals surface area contributed by atoms with Crippen molar-refractivity contribution in [2.75, 3.05) is 0 Å². The lowest BCUT2D eigenvalue weighted by Crippen LogP contribution is -2.28.